The Kier molecular flexibility index (Phi) is 8.06. The first-order chi connectivity index (χ1) is 15.5. The minimum atomic E-state index is -0.196. The van der Waals surface area contributed by atoms with Crippen LogP contribution < -0.4 is 15.4 Å². The number of carbonyl (C=O) groups excluding carboxylic acids is 1. The number of allylic oxidation sites excluding steroid dienone is 1. The second-order valence-electron chi connectivity index (χ2n) is 7.55. The summed E-state index contributed by atoms with van der Waals surface area (Å²) >= 11 is 0. The predicted octanol–water partition coefficient (Wildman–Crippen LogP) is 5.26. The topological polar surface area (TPSA) is 70.6 Å². The van der Waals surface area contributed by atoms with E-state index in [2.05, 4.69) is 16.7 Å². The van der Waals surface area contributed by atoms with Crippen LogP contribution in [0.5, 0.6) is 11.5 Å². The van der Waals surface area contributed by atoms with Crippen molar-refractivity contribution < 1.29 is 14.6 Å². The van der Waals surface area contributed by atoms with Crippen molar-refractivity contribution in [3.63, 3.8) is 0 Å². The van der Waals surface area contributed by atoms with Crippen molar-refractivity contribution in [1.82, 2.24) is 5.32 Å². The first kappa shape index (κ1) is 23.1. The Bertz CT molecular complexity index is 1070. The van der Waals surface area contributed by atoms with E-state index >= 15 is 0 Å². The molecule has 0 spiro atoms. The smallest absolute Gasteiger partial charge is 0.256 e. The number of nitrogens with one attached hydrogen (secondary N) is 2. The second-order valence-corrected chi connectivity index (χ2v) is 7.55. The van der Waals surface area contributed by atoms with Crippen molar-refractivity contribution >= 4 is 22.7 Å². The van der Waals surface area contributed by atoms with Crippen molar-refractivity contribution in [2.75, 3.05) is 25.5 Å². The van der Waals surface area contributed by atoms with Crippen LogP contribution in [-0.2, 0) is 4.79 Å². The van der Waals surface area contributed by atoms with Gasteiger partial charge in [-0.2, -0.15) is 0 Å². The van der Waals surface area contributed by atoms with E-state index in [9.17, 15) is 9.90 Å². The van der Waals surface area contributed by atoms with Crippen molar-refractivity contribution in [2.45, 2.75) is 20.3 Å². The molecule has 0 aliphatic carbocycles. The molecule has 5 heteroatoms. The maximum Gasteiger partial charge on any atom is 0.256 e. The van der Waals surface area contributed by atoms with Gasteiger partial charge in [-0.25, -0.2) is 0 Å². The molecule has 0 aliphatic heterocycles. The fourth-order valence-corrected chi connectivity index (χ4v) is 3.53. The van der Waals surface area contributed by atoms with Crippen LogP contribution >= 0.6 is 0 Å². The maximum absolute atomic E-state index is 13.5. The summed E-state index contributed by atoms with van der Waals surface area (Å²) in [6.45, 7) is 5.42. The number of ether oxygens (including phenoxy) is 1. The number of anilines is 1. The van der Waals surface area contributed by atoms with E-state index < -0.39 is 0 Å². The Labute approximate surface area is 189 Å². The molecule has 0 aliphatic rings. The molecule has 0 radical (unpaired) electrons. The van der Waals surface area contributed by atoms with Gasteiger partial charge in [0, 0.05) is 12.2 Å². The highest BCUT2D eigenvalue weighted by Crippen LogP contribution is 2.31. The SMILES string of the molecule is CC/C(=C(\C(=O)Nc1ccc(OCCNC)cc1)c1ccc(O)cc1)c1cccc(C)c1. The molecule has 0 aromatic heterocycles. The third kappa shape index (κ3) is 5.99. The fraction of sp³-hybridized carbons (Fsp3) is 0.222. The highest BCUT2D eigenvalue weighted by molar-refractivity contribution is 6.31. The zero-order valence-electron chi connectivity index (χ0n) is 18.8. The Morgan fingerprint density at radius 3 is 2.31 bits per heavy atom. The summed E-state index contributed by atoms with van der Waals surface area (Å²) in [6.07, 6.45) is 0.686. The lowest BCUT2D eigenvalue weighted by molar-refractivity contribution is -0.111. The van der Waals surface area contributed by atoms with Gasteiger partial charge >= 0.3 is 0 Å². The summed E-state index contributed by atoms with van der Waals surface area (Å²) in [7, 11) is 1.88. The van der Waals surface area contributed by atoms with Crippen molar-refractivity contribution in [1.29, 1.82) is 0 Å². The van der Waals surface area contributed by atoms with Gasteiger partial charge < -0.3 is 20.5 Å². The van der Waals surface area contributed by atoms with Crippen LogP contribution in [0.2, 0.25) is 0 Å². The van der Waals surface area contributed by atoms with Gasteiger partial charge in [0.2, 0.25) is 0 Å². The van der Waals surface area contributed by atoms with Gasteiger partial charge in [-0.1, -0.05) is 48.9 Å². The Morgan fingerprint density at radius 2 is 1.69 bits per heavy atom. The van der Waals surface area contributed by atoms with Gasteiger partial charge in [0.05, 0.1) is 5.57 Å². The molecule has 3 N–H and O–H groups in total. The second kappa shape index (κ2) is 11.2. The van der Waals surface area contributed by atoms with Gasteiger partial charge in [0.25, 0.3) is 5.91 Å². The molecule has 3 aromatic rings. The van der Waals surface area contributed by atoms with Crippen LogP contribution in [0, 0.1) is 6.92 Å². The molecule has 3 aromatic carbocycles. The van der Waals surface area contributed by atoms with E-state index in [1.807, 2.05) is 63.4 Å². The first-order valence-corrected chi connectivity index (χ1v) is 10.8. The van der Waals surface area contributed by atoms with Gasteiger partial charge in [-0.05, 0) is 73.5 Å². The zero-order chi connectivity index (χ0) is 22.9. The maximum atomic E-state index is 13.5. The van der Waals surface area contributed by atoms with Crippen LogP contribution in [-0.4, -0.2) is 31.2 Å². The van der Waals surface area contributed by atoms with E-state index in [0.29, 0.717) is 24.3 Å². The molecule has 0 fully saturated rings. The Morgan fingerprint density at radius 1 is 0.969 bits per heavy atom. The normalized spacial score (nSPS) is 11.6. The number of carbonyl (C=O) groups is 1. The summed E-state index contributed by atoms with van der Waals surface area (Å²) in [5.74, 6) is 0.718. The van der Waals surface area contributed by atoms with Crippen LogP contribution in [0.1, 0.15) is 30.0 Å². The van der Waals surface area contributed by atoms with Gasteiger partial charge in [0.1, 0.15) is 18.1 Å². The number of phenols is 1. The van der Waals surface area contributed by atoms with E-state index in [1.54, 1.807) is 24.3 Å². The molecule has 0 bridgehead atoms. The van der Waals surface area contributed by atoms with E-state index in [4.69, 9.17) is 4.74 Å². The molecule has 0 heterocycles. The average molecular weight is 431 g/mol. The number of aryl methyl sites for hydroxylation is 1. The minimum absolute atomic E-state index is 0.163. The minimum Gasteiger partial charge on any atom is -0.508 e. The standard InChI is InChI=1S/C27H30N2O3/c1-4-25(21-7-5-6-19(2)18-21)26(20-8-12-23(30)13-9-20)27(31)29-22-10-14-24(15-11-22)32-17-16-28-3/h5-15,18,28,30H,4,16-17H2,1-3H3,(H,29,31)/b26-25+. The van der Waals surface area contributed by atoms with Crippen LogP contribution in [0.4, 0.5) is 5.69 Å². The number of hydrogen-bond donors (Lipinski definition) is 3. The predicted molar refractivity (Wildman–Crippen MR) is 131 cm³/mol. The molecule has 0 saturated carbocycles. The van der Waals surface area contributed by atoms with Crippen molar-refractivity contribution in [3.8, 4) is 11.5 Å². The highest BCUT2D eigenvalue weighted by atomic mass is 16.5. The molecular formula is C27H30N2O3. The van der Waals surface area contributed by atoms with E-state index in [0.717, 1.165) is 34.6 Å². The zero-order valence-corrected chi connectivity index (χ0v) is 18.8. The third-order valence-corrected chi connectivity index (χ3v) is 5.14. The van der Waals surface area contributed by atoms with Crippen molar-refractivity contribution in [2.24, 2.45) is 0 Å². The lowest BCUT2D eigenvalue weighted by Gasteiger charge is -2.16. The quantitative estimate of drug-likeness (QED) is 0.246. The molecule has 32 heavy (non-hydrogen) atoms. The summed E-state index contributed by atoms with van der Waals surface area (Å²) in [6, 6.07) is 22.2. The summed E-state index contributed by atoms with van der Waals surface area (Å²) in [5.41, 5.74) is 5.13. The summed E-state index contributed by atoms with van der Waals surface area (Å²) < 4.78 is 5.65. The Balaban J connectivity index is 1.94. The monoisotopic (exact) mass is 430 g/mol. The number of benzene rings is 3. The summed E-state index contributed by atoms with van der Waals surface area (Å²) in [4.78, 5) is 13.5. The number of phenolic OH excluding ortho intramolecular Hbond substituents is 1. The molecule has 3 rings (SSSR count). The Hall–Kier alpha value is -3.57. The number of likely N-dealkylation sites (N-methyl/N-ethyl adjacent to an activating group) is 1. The number of aromatic hydroxyl groups is 1. The van der Waals surface area contributed by atoms with Gasteiger partial charge in [0.15, 0.2) is 0 Å². The molecule has 1 amide bonds. The van der Waals surface area contributed by atoms with Crippen LogP contribution in [0.15, 0.2) is 72.8 Å². The van der Waals surface area contributed by atoms with Crippen molar-refractivity contribution in [3.05, 3.63) is 89.5 Å². The van der Waals surface area contributed by atoms with E-state index in [-0.39, 0.29) is 11.7 Å². The fourth-order valence-electron chi connectivity index (χ4n) is 3.53. The molecule has 0 unspecified atom stereocenters. The molecule has 0 atom stereocenters. The average Bonchev–Trinajstić information content (AvgIpc) is 2.79. The number of amides is 1. The number of rotatable bonds is 9. The molecule has 5 nitrogen and oxygen atoms in total. The van der Waals surface area contributed by atoms with Crippen LogP contribution in [0.3, 0.4) is 0 Å². The molecule has 0 saturated heterocycles. The highest BCUT2D eigenvalue weighted by Gasteiger charge is 2.19. The lowest BCUT2D eigenvalue weighted by atomic mass is 9.91. The van der Waals surface area contributed by atoms with E-state index in [1.165, 1.54) is 0 Å². The largest absolute Gasteiger partial charge is 0.508 e. The third-order valence-electron chi connectivity index (χ3n) is 5.14. The summed E-state index contributed by atoms with van der Waals surface area (Å²) in [5, 5.41) is 15.8. The molecule has 166 valence electrons. The molecular weight excluding hydrogens is 400 g/mol. The van der Waals surface area contributed by atoms with Gasteiger partial charge in [-0.15, -0.1) is 0 Å². The first-order valence-electron chi connectivity index (χ1n) is 10.8. The van der Waals surface area contributed by atoms with Gasteiger partial charge in [-0.3, -0.25) is 4.79 Å². The number of hydrogen-bond acceptors (Lipinski definition) is 4. The lowest BCUT2D eigenvalue weighted by Crippen LogP contribution is -2.16. The van der Waals surface area contributed by atoms with Crippen LogP contribution in [0.25, 0.3) is 11.1 Å².